The van der Waals surface area contributed by atoms with Gasteiger partial charge in [-0.3, -0.25) is 9.59 Å². The number of hydrogen-bond acceptors (Lipinski definition) is 6. The van der Waals surface area contributed by atoms with Crippen molar-refractivity contribution < 1.29 is 23.8 Å². The lowest BCUT2D eigenvalue weighted by molar-refractivity contribution is -0.118. The van der Waals surface area contributed by atoms with E-state index in [4.69, 9.17) is 14.2 Å². The van der Waals surface area contributed by atoms with Crippen LogP contribution >= 0.6 is 0 Å². The number of carbonyl (C=O) groups excluding carboxylic acids is 2. The van der Waals surface area contributed by atoms with Gasteiger partial charge in [-0.15, -0.1) is 0 Å². The molecule has 1 aromatic heterocycles. The Morgan fingerprint density at radius 1 is 1.23 bits per heavy atom. The van der Waals surface area contributed by atoms with E-state index in [-0.39, 0.29) is 24.8 Å². The number of ether oxygens (including phenoxy) is 3. The Morgan fingerprint density at radius 2 is 2.04 bits per heavy atom. The van der Waals surface area contributed by atoms with Gasteiger partial charge in [-0.1, -0.05) is 6.07 Å². The average molecular weight is 357 g/mol. The van der Waals surface area contributed by atoms with Crippen molar-refractivity contribution >= 4 is 23.5 Å². The highest BCUT2D eigenvalue weighted by molar-refractivity contribution is 5.95. The average Bonchev–Trinajstić information content (AvgIpc) is 2.65. The largest absolute Gasteiger partial charge is 0.493 e. The first-order valence-corrected chi connectivity index (χ1v) is 8.03. The van der Waals surface area contributed by atoms with Crippen molar-refractivity contribution in [1.82, 2.24) is 4.98 Å². The summed E-state index contributed by atoms with van der Waals surface area (Å²) in [6.07, 6.45) is 0.814. The van der Waals surface area contributed by atoms with Crippen LogP contribution in [0.3, 0.4) is 0 Å². The molecule has 0 saturated heterocycles. The third kappa shape index (κ3) is 4.02. The van der Waals surface area contributed by atoms with Crippen LogP contribution in [0.5, 0.6) is 17.2 Å². The van der Waals surface area contributed by atoms with E-state index in [0.29, 0.717) is 35.3 Å². The first kappa shape index (κ1) is 17.5. The fraction of sp³-hybridized carbons (Fsp3) is 0.278. The molecular weight excluding hydrogens is 338 g/mol. The lowest BCUT2D eigenvalue weighted by Crippen LogP contribution is -2.26. The number of rotatable bonds is 6. The first-order chi connectivity index (χ1) is 12.6. The van der Waals surface area contributed by atoms with Crippen LogP contribution in [-0.2, 0) is 16.0 Å². The second-order valence-corrected chi connectivity index (χ2v) is 5.62. The smallest absolute Gasteiger partial charge is 0.263 e. The van der Waals surface area contributed by atoms with Gasteiger partial charge in [0.1, 0.15) is 5.82 Å². The molecule has 2 aromatic rings. The zero-order valence-corrected chi connectivity index (χ0v) is 14.5. The highest BCUT2D eigenvalue weighted by atomic mass is 16.5. The summed E-state index contributed by atoms with van der Waals surface area (Å²) in [4.78, 5) is 27.7. The fourth-order valence-electron chi connectivity index (χ4n) is 2.53. The topological polar surface area (TPSA) is 98.8 Å². The molecule has 0 bridgehead atoms. The summed E-state index contributed by atoms with van der Waals surface area (Å²) < 4.78 is 15.7. The molecular formula is C18H19N3O5. The monoisotopic (exact) mass is 357 g/mol. The van der Waals surface area contributed by atoms with Gasteiger partial charge in [-0.05, 0) is 36.2 Å². The summed E-state index contributed by atoms with van der Waals surface area (Å²) in [6, 6.07) is 8.82. The Labute approximate surface area is 150 Å². The summed E-state index contributed by atoms with van der Waals surface area (Å²) in [7, 11) is 3.14. The second kappa shape index (κ2) is 7.73. The van der Waals surface area contributed by atoms with Gasteiger partial charge in [0.25, 0.3) is 5.91 Å². The van der Waals surface area contributed by atoms with Crippen LogP contribution < -0.4 is 24.8 Å². The molecule has 3 rings (SSSR count). The molecule has 8 heteroatoms. The molecule has 8 nitrogen and oxygen atoms in total. The van der Waals surface area contributed by atoms with Crippen molar-refractivity contribution in [3.63, 3.8) is 0 Å². The van der Waals surface area contributed by atoms with Gasteiger partial charge in [0.15, 0.2) is 29.7 Å². The number of aryl methyl sites for hydroxylation is 1. The number of pyridine rings is 1. The standard InChI is InChI=1S/C18H19N3O5/c1-24-12-5-3-11(9-14(12)25-2)4-8-16(22)19-15-7-6-13-18(20-15)21-17(23)10-26-13/h3,5-7,9H,4,8,10H2,1-2H3,(H2,19,20,21,22,23). The quantitative estimate of drug-likeness (QED) is 0.820. The summed E-state index contributed by atoms with van der Waals surface area (Å²) >= 11 is 0. The van der Waals surface area contributed by atoms with Crippen molar-refractivity contribution in [3.8, 4) is 17.2 Å². The predicted octanol–water partition coefficient (Wildman–Crippen LogP) is 2.00. The number of nitrogens with zero attached hydrogens (tertiary/aromatic N) is 1. The number of fused-ring (bicyclic) bond motifs is 1. The maximum absolute atomic E-state index is 12.2. The van der Waals surface area contributed by atoms with E-state index >= 15 is 0 Å². The number of hydrogen-bond donors (Lipinski definition) is 2. The van der Waals surface area contributed by atoms with Crippen LogP contribution in [0.15, 0.2) is 30.3 Å². The molecule has 0 saturated carbocycles. The van der Waals surface area contributed by atoms with Crippen molar-refractivity contribution in [1.29, 1.82) is 0 Å². The van der Waals surface area contributed by atoms with Gasteiger partial charge in [0.05, 0.1) is 14.2 Å². The van der Waals surface area contributed by atoms with Gasteiger partial charge in [-0.2, -0.15) is 0 Å². The van der Waals surface area contributed by atoms with Crippen LogP contribution in [0.25, 0.3) is 0 Å². The molecule has 26 heavy (non-hydrogen) atoms. The molecule has 2 heterocycles. The van der Waals surface area contributed by atoms with E-state index in [1.165, 1.54) is 0 Å². The number of amides is 2. The minimum atomic E-state index is -0.276. The normalized spacial score (nSPS) is 12.5. The van der Waals surface area contributed by atoms with E-state index in [9.17, 15) is 9.59 Å². The Bertz CT molecular complexity index is 838. The van der Waals surface area contributed by atoms with E-state index < -0.39 is 0 Å². The van der Waals surface area contributed by atoms with Gasteiger partial charge < -0.3 is 24.8 Å². The number of nitrogens with one attached hydrogen (secondary N) is 2. The Morgan fingerprint density at radius 3 is 2.81 bits per heavy atom. The highest BCUT2D eigenvalue weighted by Crippen LogP contribution is 2.28. The molecule has 1 aromatic carbocycles. The molecule has 0 spiro atoms. The molecule has 1 aliphatic heterocycles. The van der Waals surface area contributed by atoms with Crippen LogP contribution in [0.1, 0.15) is 12.0 Å². The molecule has 0 fully saturated rings. The van der Waals surface area contributed by atoms with Crippen LogP contribution in [0, 0.1) is 0 Å². The lowest BCUT2D eigenvalue weighted by Gasteiger charge is -2.17. The van der Waals surface area contributed by atoms with Gasteiger partial charge in [0, 0.05) is 6.42 Å². The molecule has 0 radical (unpaired) electrons. The second-order valence-electron chi connectivity index (χ2n) is 5.62. The van der Waals surface area contributed by atoms with E-state index in [2.05, 4.69) is 15.6 Å². The fourth-order valence-corrected chi connectivity index (χ4v) is 2.53. The molecule has 1 aliphatic rings. The maximum atomic E-state index is 12.2. The lowest BCUT2D eigenvalue weighted by atomic mass is 10.1. The van der Waals surface area contributed by atoms with E-state index in [1.807, 2.05) is 12.1 Å². The Kier molecular flexibility index (Phi) is 5.21. The maximum Gasteiger partial charge on any atom is 0.263 e. The molecule has 0 atom stereocenters. The van der Waals surface area contributed by atoms with Crippen LogP contribution in [0.4, 0.5) is 11.6 Å². The summed E-state index contributed by atoms with van der Waals surface area (Å²) in [5.74, 6) is 1.94. The molecule has 2 amide bonds. The van der Waals surface area contributed by atoms with Gasteiger partial charge in [-0.25, -0.2) is 4.98 Å². The van der Waals surface area contributed by atoms with Crippen LogP contribution in [0.2, 0.25) is 0 Å². The zero-order chi connectivity index (χ0) is 18.5. The third-order valence-electron chi connectivity index (χ3n) is 3.83. The molecule has 0 aliphatic carbocycles. The minimum absolute atomic E-state index is 0.0360. The Balaban J connectivity index is 1.59. The molecule has 0 unspecified atom stereocenters. The first-order valence-electron chi connectivity index (χ1n) is 8.03. The van der Waals surface area contributed by atoms with Gasteiger partial charge in [0.2, 0.25) is 5.91 Å². The van der Waals surface area contributed by atoms with Crippen molar-refractivity contribution in [2.45, 2.75) is 12.8 Å². The van der Waals surface area contributed by atoms with Crippen molar-refractivity contribution in [2.75, 3.05) is 31.5 Å². The number of anilines is 2. The SMILES string of the molecule is COc1ccc(CCC(=O)Nc2ccc3c(n2)NC(=O)CO3)cc1OC. The summed E-state index contributed by atoms with van der Waals surface area (Å²) in [5, 5.41) is 5.32. The Hall–Kier alpha value is -3.29. The minimum Gasteiger partial charge on any atom is -0.493 e. The number of aromatic nitrogens is 1. The van der Waals surface area contributed by atoms with Crippen molar-refractivity contribution in [3.05, 3.63) is 35.9 Å². The van der Waals surface area contributed by atoms with Gasteiger partial charge >= 0.3 is 0 Å². The predicted molar refractivity (Wildman–Crippen MR) is 94.9 cm³/mol. The number of methoxy groups -OCH3 is 2. The van der Waals surface area contributed by atoms with Crippen LogP contribution in [-0.4, -0.2) is 37.6 Å². The number of carbonyl (C=O) groups is 2. The van der Waals surface area contributed by atoms with Crippen molar-refractivity contribution in [2.24, 2.45) is 0 Å². The zero-order valence-electron chi connectivity index (χ0n) is 14.5. The highest BCUT2D eigenvalue weighted by Gasteiger charge is 2.18. The summed E-state index contributed by atoms with van der Waals surface area (Å²) in [6.45, 7) is -0.0360. The molecule has 2 N–H and O–H groups in total. The van der Waals surface area contributed by atoms with E-state index in [0.717, 1.165) is 5.56 Å². The number of benzene rings is 1. The third-order valence-corrected chi connectivity index (χ3v) is 3.83. The van der Waals surface area contributed by atoms with E-state index in [1.54, 1.807) is 32.4 Å². The summed E-state index contributed by atoms with van der Waals surface area (Å²) in [5.41, 5.74) is 0.955. The molecule has 136 valence electrons.